The highest BCUT2D eigenvalue weighted by Crippen LogP contribution is 2.41. The molecule has 0 unspecified atom stereocenters. The van der Waals surface area contributed by atoms with Gasteiger partial charge in [0.25, 0.3) is 5.91 Å². The summed E-state index contributed by atoms with van der Waals surface area (Å²) < 4.78 is 45.6. The molecule has 260 valence electrons. The zero-order chi connectivity index (χ0) is 35.7. The number of nitrogens with one attached hydrogen (secondary N) is 1. The number of halogens is 3. The lowest BCUT2D eigenvalue weighted by atomic mass is 9.96. The van der Waals surface area contributed by atoms with Crippen LogP contribution in [-0.2, 0) is 32.7 Å². The summed E-state index contributed by atoms with van der Waals surface area (Å²) in [5.74, 6) is 1.08. The molecule has 2 aliphatic heterocycles. The van der Waals surface area contributed by atoms with Gasteiger partial charge in [0, 0.05) is 50.2 Å². The lowest BCUT2D eigenvalue weighted by Gasteiger charge is -2.31. The Bertz CT molecular complexity index is 2120. The third kappa shape index (κ3) is 7.18. The molecule has 13 heteroatoms. The fourth-order valence-corrected chi connectivity index (χ4v) is 7.05. The Labute approximate surface area is 293 Å². The molecule has 1 atom stereocenters. The van der Waals surface area contributed by atoms with E-state index < -0.39 is 17.6 Å². The van der Waals surface area contributed by atoms with E-state index in [-0.39, 0.29) is 23.5 Å². The molecular formula is C38H36F3N9O. The third-order valence-corrected chi connectivity index (χ3v) is 9.52. The number of aromatic nitrogens is 5. The average molecular weight is 692 g/mol. The van der Waals surface area contributed by atoms with E-state index in [0.717, 1.165) is 31.5 Å². The molecule has 2 aromatic carbocycles. The average Bonchev–Trinajstić information content (AvgIpc) is 3.70. The van der Waals surface area contributed by atoms with Gasteiger partial charge in [-0.05, 0) is 108 Å². The van der Waals surface area contributed by atoms with Crippen molar-refractivity contribution >= 4 is 17.5 Å². The van der Waals surface area contributed by atoms with Crippen molar-refractivity contribution < 1.29 is 18.0 Å². The minimum atomic E-state index is -4.64. The summed E-state index contributed by atoms with van der Waals surface area (Å²) in [6.07, 6.45) is 3.09. The molecule has 3 aromatic heterocycles. The van der Waals surface area contributed by atoms with Crippen molar-refractivity contribution in [2.75, 3.05) is 29.9 Å². The Balaban J connectivity index is 1.29. The van der Waals surface area contributed by atoms with Crippen LogP contribution in [0.5, 0.6) is 0 Å². The number of aryl methyl sites for hydroxylation is 1. The monoisotopic (exact) mass is 691 g/mol. The van der Waals surface area contributed by atoms with Gasteiger partial charge in [0.15, 0.2) is 5.82 Å². The number of hydrogen-bond donors (Lipinski definition) is 1. The SMILES string of the molecule is C[C@H]1CCCN(Cc2cc3c(c(C(F)(F)F)c2)CN(c2cc(-c4ccc(C#N)cc4-c4nncn4C)cc(NCCc4ccncc4)n2)C3=O)C1. The van der Waals surface area contributed by atoms with Gasteiger partial charge in [-0.3, -0.25) is 19.6 Å². The van der Waals surface area contributed by atoms with E-state index in [9.17, 15) is 23.2 Å². The van der Waals surface area contributed by atoms with Gasteiger partial charge in [0.2, 0.25) is 0 Å². The number of fused-ring (bicyclic) bond motifs is 1. The van der Waals surface area contributed by atoms with Crippen LogP contribution < -0.4 is 10.2 Å². The molecule has 0 saturated carbocycles. The van der Waals surface area contributed by atoms with Crippen molar-refractivity contribution in [1.29, 1.82) is 5.26 Å². The van der Waals surface area contributed by atoms with Gasteiger partial charge >= 0.3 is 6.18 Å². The first-order chi connectivity index (χ1) is 24.6. The Morgan fingerprint density at radius 3 is 2.57 bits per heavy atom. The molecule has 0 aliphatic carbocycles. The van der Waals surface area contributed by atoms with E-state index >= 15 is 0 Å². The van der Waals surface area contributed by atoms with Crippen molar-refractivity contribution in [2.45, 2.75) is 45.5 Å². The quantitative estimate of drug-likeness (QED) is 0.178. The van der Waals surface area contributed by atoms with Crippen molar-refractivity contribution in [1.82, 2.24) is 29.6 Å². The number of carbonyl (C=O) groups excluding carboxylic acids is 1. The first-order valence-corrected chi connectivity index (χ1v) is 16.9. The summed E-state index contributed by atoms with van der Waals surface area (Å²) >= 11 is 0. The van der Waals surface area contributed by atoms with Crippen LogP contribution in [0.15, 0.2) is 73.3 Å². The van der Waals surface area contributed by atoms with E-state index in [0.29, 0.717) is 64.9 Å². The number of likely N-dealkylation sites (tertiary alicyclic amines) is 1. The standard InChI is InChI=1S/C38H36F3N9O/c1-24-4-3-13-49(20-24)21-27-15-31-32(33(16-27)38(39,40)41)22-50(37(31)51)35-18-28(17-34(46-35)44-12-9-25-7-10-43-11-8-25)29-6-5-26(19-42)14-30(29)36-47-45-23-48(36)2/h5-8,10-11,14-18,23-24H,3-4,9,12-13,20-22H2,1-2H3,(H,44,46)/t24-/m0/s1. The number of rotatable bonds is 9. The summed E-state index contributed by atoms with van der Waals surface area (Å²) in [7, 11) is 1.79. The molecule has 1 amide bonds. The van der Waals surface area contributed by atoms with E-state index in [1.807, 2.05) is 18.2 Å². The van der Waals surface area contributed by atoms with Crippen LogP contribution >= 0.6 is 0 Å². The number of hydrogen-bond acceptors (Lipinski definition) is 8. The summed E-state index contributed by atoms with van der Waals surface area (Å²) in [4.78, 5) is 26.5. The van der Waals surface area contributed by atoms with E-state index in [1.165, 1.54) is 11.0 Å². The normalized spacial score (nSPS) is 16.3. The van der Waals surface area contributed by atoms with Crippen LogP contribution in [0.3, 0.4) is 0 Å². The minimum Gasteiger partial charge on any atom is -0.370 e. The maximum Gasteiger partial charge on any atom is 0.416 e. The number of piperidine rings is 1. The highest BCUT2D eigenvalue weighted by atomic mass is 19.4. The molecule has 0 radical (unpaired) electrons. The second-order valence-electron chi connectivity index (χ2n) is 13.3. The Morgan fingerprint density at radius 1 is 1.02 bits per heavy atom. The summed E-state index contributed by atoms with van der Waals surface area (Å²) in [5, 5.41) is 21.3. The number of alkyl halides is 3. The maximum atomic E-state index is 14.6. The van der Waals surface area contributed by atoms with Crippen molar-refractivity contribution in [3.8, 4) is 28.6 Å². The van der Waals surface area contributed by atoms with Gasteiger partial charge in [0.05, 0.1) is 23.7 Å². The van der Waals surface area contributed by atoms with Crippen LogP contribution in [0.1, 0.15) is 57.9 Å². The lowest BCUT2D eigenvalue weighted by molar-refractivity contribution is -0.138. The van der Waals surface area contributed by atoms with Gasteiger partial charge in [0.1, 0.15) is 18.0 Å². The Kier molecular flexibility index (Phi) is 9.27. The zero-order valence-electron chi connectivity index (χ0n) is 28.3. The van der Waals surface area contributed by atoms with E-state index in [1.54, 1.807) is 60.7 Å². The number of benzene rings is 2. The molecule has 1 N–H and O–H groups in total. The molecule has 10 nitrogen and oxygen atoms in total. The Morgan fingerprint density at radius 2 is 1.84 bits per heavy atom. The first kappa shape index (κ1) is 33.9. The van der Waals surface area contributed by atoms with Gasteiger partial charge in [-0.15, -0.1) is 10.2 Å². The molecular weight excluding hydrogens is 655 g/mol. The predicted octanol–water partition coefficient (Wildman–Crippen LogP) is 6.88. The molecule has 5 aromatic rings. The summed E-state index contributed by atoms with van der Waals surface area (Å²) in [6.45, 7) is 4.32. The van der Waals surface area contributed by atoms with E-state index in [4.69, 9.17) is 4.98 Å². The smallest absolute Gasteiger partial charge is 0.370 e. The van der Waals surface area contributed by atoms with Crippen LogP contribution in [0.2, 0.25) is 0 Å². The largest absolute Gasteiger partial charge is 0.416 e. The molecule has 5 heterocycles. The minimum absolute atomic E-state index is 0.0439. The second kappa shape index (κ2) is 14.0. The van der Waals surface area contributed by atoms with Gasteiger partial charge in [-0.1, -0.05) is 13.0 Å². The molecule has 7 rings (SSSR count). The highest BCUT2D eigenvalue weighted by molar-refractivity contribution is 6.10. The maximum absolute atomic E-state index is 14.6. The zero-order valence-corrected chi connectivity index (χ0v) is 28.3. The predicted molar refractivity (Wildman–Crippen MR) is 186 cm³/mol. The van der Waals surface area contributed by atoms with Gasteiger partial charge < -0.3 is 9.88 Å². The number of nitrogens with zero attached hydrogens (tertiary/aromatic N) is 8. The fraction of sp³-hybridized carbons (Fsp3) is 0.316. The number of nitriles is 1. The molecule has 0 bridgehead atoms. The van der Waals surface area contributed by atoms with Gasteiger partial charge in [-0.2, -0.15) is 18.4 Å². The van der Waals surface area contributed by atoms with E-state index in [2.05, 4.69) is 38.4 Å². The first-order valence-electron chi connectivity index (χ1n) is 16.9. The molecule has 1 fully saturated rings. The van der Waals surface area contributed by atoms with Crippen LogP contribution in [0.4, 0.5) is 24.8 Å². The summed E-state index contributed by atoms with van der Waals surface area (Å²) in [6, 6.07) is 17.5. The number of pyridine rings is 2. The number of carbonyl (C=O) groups is 1. The topological polar surface area (TPSA) is 116 Å². The van der Waals surface area contributed by atoms with Crippen molar-refractivity contribution in [2.24, 2.45) is 13.0 Å². The Hall–Kier alpha value is -5.61. The second-order valence-corrected chi connectivity index (χ2v) is 13.3. The molecule has 2 aliphatic rings. The lowest BCUT2D eigenvalue weighted by Crippen LogP contribution is -2.33. The van der Waals surface area contributed by atoms with Crippen molar-refractivity contribution in [3.05, 3.63) is 107 Å². The molecule has 0 spiro atoms. The van der Waals surface area contributed by atoms with Crippen LogP contribution in [0, 0.1) is 17.2 Å². The van der Waals surface area contributed by atoms with Crippen molar-refractivity contribution in [3.63, 3.8) is 0 Å². The number of anilines is 2. The summed E-state index contributed by atoms with van der Waals surface area (Å²) in [5.41, 5.74) is 3.09. The highest BCUT2D eigenvalue weighted by Gasteiger charge is 2.41. The van der Waals surface area contributed by atoms with Crippen LogP contribution in [-0.4, -0.2) is 55.2 Å². The van der Waals surface area contributed by atoms with Crippen LogP contribution in [0.25, 0.3) is 22.5 Å². The third-order valence-electron chi connectivity index (χ3n) is 9.52. The molecule has 51 heavy (non-hydrogen) atoms. The fourth-order valence-electron chi connectivity index (χ4n) is 7.05. The van der Waals surface area contributed by atoms with Gasteiger partial charge in [-0.25, -0.2) is 4.98 Å². The molecule has 1 saturated heterocycles. The number of amides is 1.